The van der Waals surface area contributed by atoms with E-state index in [1.165, 1.54) is 0 Å². The number of amides is 2. The molecule has 0 spiro atoms. The third-order valence-corrected chi connectivity index (χ3v) is 3.76. The van der Waals surface area contributed by atoms with E-state index < -0.39 is 11.9 Å². The van der Waals surface area contributed by atoms with Gasteiger partial charge < -0.3 is 14.9 Å². The lowest BCUT2D eigenvalue weighted by atomic mass is 10.1. The molecule has 1 aliphatic rings. The summed E-state index contributed by atoms with van der Waals surface area (Å²) >= 11 is 0. The predicted octanol–water partition coefficient (Wildman–Crippen LogP) is 1.06. The summed E-state index contributed by atoms with van der Waals surface area (Å²) in [5, 5.41) is 8.96. The number of aliphatic carboxylic acids is 1. The van der Waals surface area contributed by atoms with Crippen LogP contribution in [0, 0.1) is 17.8 Å². The Labute approximate surface area is 126 Å². The van der Waals surface area contributed by atoms with Crippen molar-refractivity contribution in [3.63, 3.8) is 0 Å². The van der Waals surface area contributed by atoms with Gasteiger partial charge in [0, 0.05) is 32.6 Å². The van der Waals surface area contributed by atoms with Crippen molar-refractivity contribution in [2.75, 3.05) is 26.2 Å². The van der Waals surface area contributed by atoms with Gasteiger partial charge in [-0.25, -0.2) is 0 Å². The van der Waals surface area contributed by atoms with E-state index in [1.807, 2.05) is 20.8 Å². The first-order valence-corrected chi connectivity index (χ1v) is 7.55. The van der Waals surface area contributed by atoms with E-state index in [-0.39, 0.29) is 30.7 Å². The highest BCUT2D eigenvalue weighted by molar-refractivity contribution is 5.89. The number of nitrogens with zero attached hydrogens (tertiary/aromatic N) is 2. The molecule has 21 heavy (non-hydrogen) atoms. The number of carboxylic acid groups (broad SMARTS) is 1. The minimum atomic E-state index is -0.912. The minimum Gasteiger partial charge on any atom is -0.481 e. The summed E-state index contributed by atoms with van der Waals surface area (Å²) in [6.07, 6.45) is 0.240. The molecule has 1 N–H and O–H groups in total. The summed E-state index contributed by atoms with van der Waals surface area (Å²) in [6.45, 7) is 9.27. The second kappa shape index (κ2) is 7.43. The molecule has 6 nitrogen and oxygen atoms in total. The SMILES string of the molecule is CCN(CC(C)C(=O)O)C(=O)C1CC(=O)N(CC(C)C)C1. The van der Waals surface area contributed by atoms with E-state index in [4.69, 9.17) is 5.11 Å². The van der Waals surface area contributed by atoms with Gasteiger partial charge in [-0.05, 0) is 12.8 Å². The van der Waals surface area contributed by atoms with Crippen LogP contribution in [0.3, 0.4) is 0 Å². The summed E-state index contributed by atoms with van der Waals surface area (Å²) in [5.41, 5.74) is 0. The third-order valence-electron chi connectivity index (χ3n) is 3.76. The van der Waals surface area contributed by atoms with E-state index in [9.17, 15) is 14.4 Å². The third kappa shape index (κ3) is 4.72. The van der Waals surface area contributed by atoms with E-state index in [0.717, 1.165) is 0 Å². The number of rotatable bonds is 7. The van der Waals surface area contributed by atoms with Gasteiger partial charge in [0.15, 0.2) is 0 Å². The first-order valence-electron chi connectivity index (χ1n) is 7.55. The largest absolute Gasteiger partial charge is 0.481 e. The minimum absolute atomic E-state index is 0.0180. The molecule has 1 fully saturated rings. The van der Waals surface area contributed by atoms with Gasteiger partial charge in [0.05, 0.1) is 11.8 Å². The van der Waals surface area contributed by atoms with Gasteiger partial charge in [-0.1, -0.05) is 20.8 Å². The molecule has 0 aromatic rings. The summed E-state index contributed by atoms with van der Waals surface area (Å²) in [7, 11) is 0. The number of carboxylic acids is 1. The summed E-state index contributed by atoms with van der Waals surface area (Å²) in [6, 6.07) is 0. The molecule has 0 aromatic carbocycles. The van der Waals surface area contributed by atoms with Crippen molar-refractivity contribution in [1.29, 1.82) is 0 Å². The fourth-order valence-corrected chi connectivity index (χ4v) is 2.60. The van der Waals surface area contributed by atoms with Crippen LogP contribution in [0.5, 0.6) is 0 Å². The van der Waals surface area contributed by atoms with Crippen LogP contribution in [0.25, 0.3) is 0 Å². The number of hydrogen-bond donors (Lipinski definition) is 1. The quantitative estimate of drug-likeness (QED) is 0.762. The Hall–Kier alpha value is -1.59. The highest BCUT2D eigenvalue weighted by Crippen LogP contribution is 2.21. The van der Waals surface area contributed by atoms with E-state index in [2.05, 4.69) is 0 Å². The molecule has 2 amide bonds. The van der Waals surface area contributed by atoms with Crippen LogP contribution in [-0.2, 0) is 14.4 Å². The molecular formula is C15H26N2O4. The summed E-state index contributed by atoms with van der Waals surface area (Å²) in [5.74, 6) is -1.56. The lowest BCUT2D eigenvalue weighted by Gasteiger charge is -2.26. The second-order valence-electron chi connectivity index (χ2n) is 6.21. The monoisotopic (exact) mass is 298 g/mol. The summed E-state index contributed by atoms with van der Waals surface area (Å²) in [4.78, 5) is 38.6. The smallest absolute Gasteiger partial charge is 0.308 e. The van der Waals surface area contributed by atoms with Gasteiger partial charge in [0.25, 0.3) is 0 Å². The van der Waals surface area contributed by atoms with Crippen molar-refractivity contribution >= 4 is 17.8 Å². The first-order chi connectivity index (χ1) is 9.76. The molecule has 1 rings (SSSR count). The van der Waals surface area contributed by atoms with Crippen molar-refractivity contribution in [3.05, 3.63) is 0 Å². The number of likely N-dealkylation sites (tertiary alicyclic amines) is 1. The lowest BCUT2D eigenvalue weighted by Crippen LogP contribution is -2.41. The average molecular weight is 298 g/mol. The molecule has 2 atom stereocenters. The molecule has 120 valence electrons. The first kappa shape index (κ1) is 17.5. The van der Waals surface area contributed by atoms with Crippen LogP contribution < -0.4 is 0 Å². The summed E-state index contributed by atoms with van der Waals surface area (Å²) < 4.78 is 0. The van der Waals surface area contributed by atoms with Crippen molar-refractivity contribution < 1.29 is 19.5 Å². The molecule has 1 saturated heterocycles. The molecule has 0 saturated carbocycles. The van der Waals surface area contributed by atoms with Crippen molar-refractivity contribution in [2.45, 2.75) is 34.1 Å². The van der Waals surface area contributed by atoms with E-state index in [0.29, 0.717) is 25.6 Å². The van der Waals surface area contributed by atoms with E-state index in [1.54, 1.807) is 16.7 Å². The van der Waals surface area contributed by atoms with Crippen molar-refractivity contribution in [2.24, 2.45) is 17.8 Å². The van der Waals surface area contributed by atoms with Gasteiger partial charge in [-0.3, -0.25) is 14.4 Å². The predicted molar refractivity (Wildman–Crippen MR) is 78.6 cm³/mol. The molecule has 2 unspecified atom stereocenters. The number of carbonyl (C=O) groups is 3. The fourth-order valence-electron chi connectivity index (χ4n) is 2.60. The molecule has 1 heterocycles. The number of carbonyl (C=O) groups excluding carboxylic acids is 2. The van der Waals surface area contributed by atoms with Gasteiger partial charge in [0.2, 0.25) is 11.8 Å². The Morgan fingerprint density at radius 2 is 2.00 bits per heavy atom. The zero-order valence-corrected chi connectivity index (χ0v) is 13.3. The van der Waals surface area contributed by atoms with Gasteiger partial charge in [0.1, 0.15) is 0 Å². The maximum atomic E-state index is 12.5. The van der Waals surface area contributed by atoms with Crippen LogP contribution in [0.4, 0.5) is 0 Å². The maximum Gasteiger partial charge on any atom is 0.308 e. The molecule has 6 heteroatoms. The Balaban J connectivity index is 2.65. The molecule has 0 radical (unpaired) electrons. The Morgan fingerprint density at radius 1 is 1.38 bits per heavy atom. The highest BCUT2D eigenvalue weighted by atomic mass is 16.4. The van der Waals surface area contributed by atoms with Gasteiger partial charge in [-0.15, -0.1) is 0 Å². The standard InChI is InChI=1S/C15H26N2O4/c1-5-16(8-11(4)15(20)21)14(19)12-6-13(18)17(9-12)7-10(2)3/h10-12H,5-9H2,1-4H3,(H,20,21). The normalized spacial score (nSPS) is 20.0. The highest BCUT2D eigenvalue weighted by Gasteiger charge is 2.36. The fraction of sp³-hybridized carbons (Fsp3) is 0.800. The van der Waals surface area contributed by atoms with Crippen LogP contribution in [-0.4, -0.2) is 58.9 Å². The molecule has 1 aliphatic heterocycles. The van der Waals surface area contributed by atoms with Crippen molar-refractivity contribution in [1.82, 2.24) is 9.80 Å². The molecule has 0 aromatic heterocycles. The molecule has 0 aliphatic carbocycles. The second-order valence-corrected chi connectivity index (χ2v) is 6.21. The Morgan fingerprint density at radius 3 is 2.48 bits per heavy atom. The maximum absolute atomic E-state index is 12.5. The Kier molecular flexibility index (Phi) is 6.18. The van der Waals surface area contributed by atoms with Crippen molar-refractivity contribution in [3.8, 4) is 0 Å². The van der Waals surface area contributed by atoms with Crippen LogP contribution in [0.15, 0.2) is 0 Å². The van der Waals surface area contributed by atoms with Crippen LogP contribution in [0.2, 0.25) is 0 Å². The van der Waals surface area contributed by atoms with Crippen LogP contribution in [0.1, 0.15) is 34.1 Å². The molecular weight excluding hydrogens is 272 g/mol. The Bertz CT molecular complexity index is 408. The lowest BCUT2D eigenvalue weighted by molar-refractivity contribution is -0.144. The number of hydrogen-bond acceptors (Lipinski definition) is 3. The van der Waals surface area contributed by atoms with Gasteiger partial charge in [-0.2, -0.15) is 0 Å². The zero-order chi connectivity index (χ0) is 16.2. The van der Waals surface area contributed by atoms with E-state index >= 15 is 0 Å². The van der Waals surface area contributed by atoms with Crippen LogP contribution >= 0.6 is 0 Å². The topological polar surface area (TPSA) is 77.9 Å². The zero-order valence-electron chi connectivity index (χ0n) is 13.3. The molecule has 0 bridgehead atoms. The van der Waals surface area contributed by atoms with Gasteiger partial charge >= 0.3 is 5.97 Å². The average Bonchev–Trinajstić information content (AvgIpc) is 2.75.